The van der Waals surface area contributed by atoms with E-state index < -0.39 is 76.5 Å². The maximum Gasteiger partial charge on any atom is 0.408 e. The molecule has 4 aliphatic heterocycles. The van der Waals surface area contributed by atoms with Gasteiger partial charge in [0.1, 0.15) is 31.0 Å². The monoisotopic (exact) mass is 784 g/mol. The fraction of sp³-hybridized carbons (Fsp3) is 0.515. The first-order valence-electron chi connectivity index (χ1n) is 15.8. The molecule has 4 heterocycles. The van der Waals surface area contributed by atoms with Gasteiger partial charge in [-0.1, -0.05) is 40.9 Å². The Balaban J connectivity index is 1.58. The standard InChI is InChI=1S/C33H35Cl3N4O10S/c1-12-6-15-7-16-18(8-37)40-19-9-48-31(44)17(39-32(45)49-11-33(34,35)36)10-51-30(24(40)23(38-16)20(15)25(42)27(12)46-4)22-21(19)26(43)29(47-5)13(2)28(22)50-14(3)41/h6,16-19,23-24,30,38,42-43H,7,9-11H2,1-5H3,(H,39,45)/t16-,17+,18+,19+,23+,24-,30-/m1/s1. The summed E-state index contributed by atoms with van der Waals surface area (Å²) in [5.41, 5.74) is 3.12. The maximum atomic E-state index is 13.6. The van der Waals surface area contributed by atoms with Crippen molar-refractivity contribution in [3.63, 3.8) is 0 Å². The van der Waals surface area contributed by atoms with E-state index in [4.69, 9.17) is 58.5 Å². The van der Waals surface area contributed by atoms with Crippen molar-refractivity contribution in [2.75, 3.05) is 33.2 Å². The SMILES string of the molecule is COc1c(C)cc2c(c1O)[C@@H]1N[C@H](C2)[C@H](C#N)N2[C@H]1[C@@H]1SC[C@H](NC(=O)OCC(Cl)(Cl)Cl)C(=O)OC[C@H]2c2c(O)c(OC)c(C)c(OC(C)=O)c21. The number of halogens is 3. The lowest BCUT2D eigenvalue weighted by Gasteiger charge is -2.59. The van der Waals surface area contributed by atoms with E-state index in [-0.39, 0.29) is 34.3 Å². The summed E-state index contributed by atoms with van der Waals surface area (Å²) in [4.78, 5) is 40.8. The van der Waals surface area contributed by atoms with Crippen LogP contribution in [0.25, 0.3) is 0 Å². The number of phenolic OH excluding ortho intramolecular Hbond substituents is 2. The number of carbonyl (C=O) groups is 3. The molecule has 4 aliphatic rings. The summed E-state index contributed by atoms with van der Waals surface area (Å²) in [7, 11) is 2.83. The Bertz CT molecular complexity index is 1840. The van der Waals surface area contributed by atoms with E-state index in [1.54, 1.807) is 6.92 Å². The third-order valence-corrected chi connectivity index (χ3v) is 11.4. The first-order valence-corrected chi connectivity index (χ1v) is 18.0. The second kappa shape index (κ2) is 14.1. The number of ether oxygens (including phenoxy) is 5. The number of esters is 2. The molecule has 2 saturated heterocycles. The first kappa shape index (κ1) is 37.2. The number of aryl methyl sites for hydroxylation is 1. The smallest absolute Gasteiger partial charge is 0.408 e. The summed E-state index contributed by atoms with van der Waals surface area (Å²) in [6, 6.07) is -0.460. The minimum Gasteiger partial charge on any atom is -0.504 e. The minimum absolute atomic E-state index is 0.0452. The summed E-state index contributed by atoms with van der Waals surface area (Å²) < 4.78 is 26.0. The summed E-state index contributed by atoms with van der Waals surface area (Å²) in [5.74, 6) is -1.42. The number of alkyl halides is 3. The number of fused-ring (bicyclic) bond motifs is 7. The van der Waals surface area contributed by atoms with Crippen molar-refractivity contribution in [2.45, 2.75) is 72.5 Å². The third kappa shape index (κ3) is 6.55. The van der Waals surface area contributed by atoms with Crippen LogP contribution in [0.5, 0.6) is 28.7 Å². The van der Waals surface area contributed by atoms with Gasteiger partial charge in [0.25, 0.3) is 0 Å². The molecule has 51 heavy (non-hydrogen) atoms. The van der Waals surface area contributed by atoms with Gasteiger partial charge in [-0.3, -0.25) is 9.69 Å². The van der Waals surface area contributed by atoms with Crippen LogP contribution in [0.4, 0.5) is 4.79 Å². The molecule has 2 fully saturated rings. The van der Waals surface area contributed by atoms with E-state index in [0.29, 0.717) is 28.9 Å². The van der Waals surface area contributed by atoms with Gasteiger partial charge in [-0.05, 0) is 31.4 Å². The second-order valence-corrected chi connectivity index (χ2v) is 16.4. The van der Waals surface area contributed by atoms with Crippen LogP contribution in [-0.4, -0.2) is 94.3 Å². The number of thioether (sulfide) groups is 1. The molecule has 18 heteroatoms. The molecule has 7 atom stereocenters. The van der Waals surface area contributed by atoms with Gasteiger partial charge in [-0.2, -0.15) is 5.26 Å². The topological polar surface area (TPSA) is 189 Å². The minimum atomic E-state index is -1.89. The van der Waals surface area contributed by atoms with Crippen LogP contribution in [0.1, 0.15) is 57.6 Å². The van der Waals surface area contributed by atoms with Crippen molar-refractivity contribution in [1.29, 1.82) is 5.26 Å². The van der Waals surface area contributed by atoms with E-state index in [1.807, 2.05) is 17.9 Å². The highest BCUT2D eigenvalue weighted by Gasteiger charge is 2.58. The van der Waals surface area contributed by atoms with Crippen molar-refractivity contribution >= 4 is 64.6 Å². The van der Waals surface area contributed by atoms with E-state index in [0.717, 1.165) is 11.1 Å². The number of rotatable bonds is 5. The number of methoxy groups -OCH3 is 2. The molecule has 0 aliphatic carbocycles. The number of phenols is 2. The van der Waals surface area contributed by atoms with Gasteiger partial charge in [-0.15, -0.1) is 11.8 Å². The van der Waals surface area contributed by atoms with Crippen LogP contribution in [0.15, 0.2) is 6.07 Å². The molecule has 2 aromatic rings. The van der Waals surface area contributed by atoms with E-state index in [1.165, 1.54) is 32.9 Å². The number of aromatic hydroxyl groups is 2. The van der Waals surface area contributed by atoms with Crippen LogP contribution >= 0.6 is 46.6 Å². The predicted molar refractivity (Wildman–Crippen MR) is 186 cm³/mol. The molecule has 14 nitrogen and oxygen atoms in total. The average molecular weight is 786 g/mol. The van der Waals surface area contributed by atoms with Crippen LogP contribution in [0.3, 0.4) is 0 Å². The molecule has 2 aromatic carbocycles. The van der Waals surface area contributed by atoms with Crippen LogP contribution in [-0.2, 0) is 25.5 Å². The molecule has 1 amide bonds. The zero-order valence-corrected chi connectivity index (χ0v) is 31.1. The van der Waals surface area contributed by atoms with Crippen LogP contribution in [0, 0.1) is 25.2 Å². The number of carbonyl (C=O) groups excluding carboxylic acids is 3. The van der Waals surface area contributed by atoms with Crippen molar-refractivity contribution in [3.05, 3.63) is 39.4 Å². The number of alkyl carbamates (subject to hydrolysis) is 1. The molecule has 4 bridgehead atoms. The number of nitrogens with one attached hydrogen (secondary N) is 2. The Kier molecular flexibility index (Phi) is 10.3. The number of nitriles is 1. The molecule has 274 valence electrons. The molecule has 0 aromatic heterocycles. The first-order chi connectivity index (χ1) is 24.1. The Morgan fingerprint density at radius 2 is 1.82 bits per heavy atom. The third-order valence-electron chi connectivity index (χ3n) is 9.63. The highest BCUT2D eigenvalue weighted by atomic mass is 35.6. The lowest BCUT2D eigenvalue weighted by Crippen LogP contribution is -2.69. The quantitative estimate of drug-likeness (QED) is 0.190. The second-order valence-electron chi connectivity index (χ2n) is 12.7. The van der Waals surface area contributed by atoms with Gasteiger partial charge in [0.2, 0.25) is 3.79 Å². The fourth-order valence-electron chi connectivity index (χ4n) is 7.81. The summed E-state index contributed by atoms with van der Waals surface area (Å²) in [5, 5.41) is 39.7. The zero-order chi connectivity index (χ0) is 37.1. The van der Waals surface area contributed by atoms with Crippen molar-refractivity contribution in [2.24, 2.45) is 0 Å². The molecule has 4 N–H and O–H groups in total. The van der Waals surface area contributed by atoms with E-state index in [9.17, 15) is 29.9 Å². The predicted octanol–water partition coefficient (Wildman–Crippen LogP) is 4.34. The molecule has 0 saturated carbocycles. The molecule has 0 unspecified atom stereocenters. The van der Waals surface area contributed by atoms with Gasteiger partial charge >= 0.3 is 18.0 Å². The zero-order valence-electron chi connectivity index (χ0n) is 28.0. The lowest BCUT2D eigenvalue weighted by atomic mass is 9.72. The van der Waals surface area contributed by atoms with Gasteiger partial charge < -0.3 is 44.5 Å². The lowest BCUT2D eigenvalue weighted by molar-refractivity contribution is -0.149. The Labute approximate surface area is 312 Å². The number of piperazine rings is 1. The van der Waals surface area contributed by atoms with E-state index >= 15 is 0 Å². The summed E-state index contributed by atoms with van der Waals surface area (Å²) >= 11 is 18.4. The largest absolute Gasteiger partial charge is 0.504 e. The number of hydrogen-bond donors (Lipinski definition) is 4. The Hall–Kier alpha value is -3.52. The molecule has 0 radical (unpaired) electrons. The van der Waals surface area contributed by atoms with Gasteiger partial charge in [0, 0.05) is 47.0 Å². The van der Waals surface area contributed by atoms with Gasteiger partial charge in [-0.25, -0.2) is 9.59 Å². The molecular formula is C33H35Cl3N4O10S. The summed E-state index contributed by atoms with van der Waals surface area (Å²) in [6.45, 7) is 3.73. The molecule has 0 spiro atoms. The Morgan fingerprint density at radius 3 is 2.45 bits per heavy atom. The van der Waals surface area contributed by atoms with Gasteiger partial charge in [0.05, 0.1) is 37.6 Å². The fourth-order valence-corrected chi connectivity index (χ4v) is 9.49. The highest BCUT2D eigenvalue weighted by Crippen LogP contribution is 2.61. The Morgan fingerprint density at radius 1 is 1.14 bits per heavy atom. The molecule has 6 rings (SSSR count). The summed E-state index contributed by atoms with van der Waals surface area (Å²) in [6.07, 6.45) is -0.653. The van der Waals surface area contributed by atoms with Crippen molar-refractivity contribution < 1.29 is 48.3 Å². The maximum absolute atomic E-state index is 13.6. The highest BCUT2D eigenvalue weighted by molar-refractivity contribution is 7.99. The number of cyclic esters (lactones) is 1. The number of hydrogen-bond acceptors (Lipinski definition) is 14. The number of nitrogens with zero attached hydrogens (tertiary/aromatic N) is 2. The van der Waals surface area contributed by atoms with Crippen LogP contribution in [0.2, 0.25) is 0 Å². The average Bonchev–Trinajstić information content (AvgIpc) is 3.06. The van der Waals surface area contributed by atoms with Crippen molar-refractivity contribution in [3.8, 4) is 34.8 Å². The molecular weight excluding hydrogens is 751 g/mol. The van der Waals surface area contributed by atoms with E-state index in [2.05, 4.69) is 16.7 Å². The van der Waals surface area contributed by atoms with Gasteiger partial charge in [0.15, 0.2) is 23.0 Å². The van der Waals surface area contributed by atoms with Crippen molar-refractivity contribution in [1.82, 2.24) is 15.5 Å². The number of benzene rings is 2. The normalized spacial score (nSPS) is 26.7. The van der Waals surface area contributed by atoms with Crippen LogP contribution < -0.4 is 24.8 Å². The number of amides is 1.